The minimum atomic E-state index is -0.273. The van der Waals surface area contributed by atoms with Crippen molar-refractivity contribution < 1.29 is 23.7 Å². The standard InChI is InChI=1S/C22H25NO5/c1-25-17-6-3-15(13-19(17)26-2)4-8-21(24)23-22(9-10-22)16-5-7-18-20(14-16)28-12-11-27-18/h3,5-7,13-14H,4,8-12H2,1-2H3,(H,23,24). The number of carbonyl (C=O) groups excluding carboxylic acids is 1. The maximum absolute atomic E-state index is 12.6. The van der Waals surface area contributed by atoms with Crippen molar-refractivity contribution in [2.75, 3.05) is 27.4 Å². The van der Waals surface area contributed by atoms with Crippen LogP contribution in [0.4, 0.5) is 0 Å². The second-order valence-corrected chi connectivity index (χ2v) is 7.18. The lowest BCUT2D eigenvalue weighted by molar-refractivity contribution is -0.122. The molecule has 1 N–H and O–H groups in total. The number of rotatable bonds is 7. The van der Waals surface area contributed by atoms with Gasteiger partial charge in [0.25, 0.3) is 0 Å². The van der Waals surface area contributed by atoms with Crippen molar-refractivity contribution in [3.05, 3.63) is 47.5 Å². The quantitative estimate of drug-likeness (QED) is 0.795. The molecule has 0 spiro atoms. The minimum absolute atomic E-state index is 0.0437. The Balaban J connectivity index is 1.38. The van der Waals surface area contributed by atoms with Crippen molar-refractivity contribution in [3.8, 4) is 23.0 Å². The maximum Gasteiger partial charge on any atom is 0.221 e. The molecule has 1 aliphatic heterocycles. The lowest BCUT2D eigenvalue weighted by Crippen LogP contribution is -2.35. The van der Waals surface area contributed by atoms with E-state index >= 15 is 0 Å². The van der Waals surface area contributed by atoms with Gasteiger partial charge in [-0.1, -0.05) is 12.1 Å². The lowest BCUT2D eigenvalue weighted by atomic mass is 10.0. The molecule has 6 heteroatoms. The van der Waals surface area contributed by atoms with E-state index in [2.05, 4.69) is 5.32 Å². The Morgan fingerprint density at radius 2 is 1.75 bits per heavy atom. The number of nitrogens with one attached hydrogen (secondary N) is 1. The molecule has 148 valence electrons. The topological polar surface area (TPSA) is 66.0 Å². The molecule has 1 amide bonds. The smallest absolute Gasteiger partial charge is 0.221 e. The Morgan fingerprint density at radius 3 is 2.46 bits per heavy atom. The predicted octanol–water partition coefficient (Wildman–Crippen LogP) is 3.21. The average Bonchev–Trinajstić information content (AvgIpc) is 3.52. The summed E-state index contributed by atoms with van der Waals surface area (Å²) in [6.07, 6.45) is 2.94. The molecule has 1 saturated carbocycles. The number of hydrogen-bond acceptors (Lipinski definition) is 5. The zero-order valence-corrected chi connectivity index (χ0v) is 16.2. The third-order valence-electron chi connectivity index (χ3n) is 5.31. The summed E-state index contributed by atoms with van der Waals surface area (Å²) < 4.78 is 21.8. The van der Waals surface area contributed by atoms with E-state index in [1.54, 1.807) is 14.2 Å². The van der Waals surface area contributed by atoms with Crippen molar-refractivity contribution in [2.45, 2.75) is 31.2 Å². The van der Waals surface area contributed by atoms with Crippen LogP contribution in [0.5, 0.6) is 23.0 Å². The normalized spacial score (nSPS) is 16.2. The summed E-state index contributed by atoms with van der Waals surface area (Å²) in [6.45, 7) is 1.13. The Morgan fingerprint density at radius 1 is 1.00 bits per heavy atom. The molecule has 0 bridgehead atoms. The molecular formula is C22H25NO5. The van der Waals surface area contributed by atoms with Gasteiger partial charge < -0.3 is 24.3 Å². The van der Waals surface area contributed by atoms with Gasteiger partial charge in [-0.2, -0.15) is 0 Å². The maximum atomic E-state index is 12.6. The van der Waals surface area contributed by atoms with E-state index in [0.717, 1.165) is 35.5 Å². The highest BCUT2D eigenvalue weighted by atomic mass is 16.6. The van der Waals surface area contributed by atoms with Gasteiger partial charge in [-0.15, -0.1) is 0 Å². The zero-order chi connectivity index (χ0) is 19.6. The second kappa shape index (κ2) is 7.62. The van der Waals surface area contributed by atoms with E-state index in [4.69, 9.17) is 18.9 Å². The van der Waals surface area contributed by atoms with Gasteiger partial charge in [-0.3, -0.25) is 4.79 Å². The van der Waals surface area contributed by atoms with E-state index in [9.17, 15) is 4.79 Å². The van der Waals surface area contributed by atoms with Crippen LogP contribution in [0.15, 0.2) is 36.4 Å². The Kier molecular flexibility index (Phi) is 5.03. The van der Waals surface area contributed by atoms with E-state index in [0.29, 0.717) is 37.6 Å². The first-order valence-electron chi connectivity index (χ1n) is 9.55. The largest absolute Gasteiger partial charge is 0.493 e. The fourth-order valence-electron chi connectivity index (χ4n) is 3.58. The van der Waals surface area contributed by atoms with Crippen LogP contribution in [-0.4, -0.2) is 33.3 Å². The molecule has 1 heterocycles. The average molecular weight is 383 g/mol. The monoisotopic (exact) mass is 383 g/mol. The number of fused-ring (bicyclic) bond motifs is 1. The summed E-state index contributed by atoms with van der Waals surface area (Å²) in [7, 11) is 3.22. The Bertz CT molecular complexity index is 875. The van der Waals surface area contributed by atoms with Crippen molar-refractivity contribution in [2.24, 2.45) is 0 Å². The molecule has 2 aromatic rings. The highest BCUT2D eigenvalue weighted by Crippen LogP contribution is 2.48. The third kappa shape index (κ3) is 3.72. The number of benzene rings is 2. The van der Waals surface area contributed by atoms with Gasteiger partial charge >= 0.3 is 0 Å². The van der Waals surface area contributed by atoms with E-state index in [1.807, 2.05) is 36.4 Å². The Labute approximate surface area is 164 Å². The first-order chi connectivity index (χ1) is 13.6. The van der Waals surface area contributed by atoms with E-state index in [-0.39, 0.29) is 11.4 Å². The van der Waals surface area contributed by atoms with Crippen molar-refractivity contribution in [3.63, 3.8) is 0 Å². The zero-order valence-electron chi connectivity index (χ0n) is 16.2. The molecule has 0 radical (unpaired) electrons. The molecule has 1 aliphatic carbocycles. The van der Waals surface area contributed by atoms with E-state index in [1.165, 1.54) is 0 Å². The van der Waals surface area contributed by atoms with Crippen LogP contribution in [0.3, 0.4) is 0 Å². The Hall–Kier alpha value is -2.89. The van der Waals surface area contributed by atoms with Crippen LogP contribution in [-0.2, 0) is 16.8 Å². The van der Waals surface area contributed by atoms with Crippen molar-refractivity contribution >= 4 is 5.91 Å². The van der Waals surface area contributed by atoms with Gasteiger partial charge in [0.15, 0.2) is 23.0 Å². The molecule has 1 fully saturated rings. The molecule has 4 rings (SSSR count). The molecule has 0 aromatic heterocycles. The number of ether oxygens (including phenoxy) is 4. The first-order valence-corrected chi connectivity index (χ1v) is 9.55. The molecule has 2 aromatic carbocycles. The SMILES string of the molecule is COc1ccc(CCC(=O)NC2(c3ccc4c(c3)OCCO4)CC2)cc1OC. The van der Waals surface area contributed by atoms with Gasteiger partial charge in [-0.05, 0) is 54.7 Å². The third-order valence-corrected chi connectivity index (χ3v) is 5.31. The molecule has 2 aliphatic rings. The van der Waals surface area contributed by atoms with Crippen LogP contribution < -0.4 is 24.3 Å². The van der Waals surface area contributed by atoms with Gasteiger partial charge in [0.2, 0.25) is 5.91 Å². The molecule has 0 unspecified atom stereocenters. The van der Waals surface area contributed by atoms with Gasteiger partial charge in [0, 0.05) is 6.42 Å². The molecule has 0 atom stereocenters. The summed E-state index contributed by atoms with van der Waals surface area (Å²) >= 11 is 0. The lowest BCUT2D eigenvalue weighted by Gasteiger charge is -2.23. The van der Waals surface area contributed by atoms with Gasteiger partial charge in [0.05, 0.1) is 19.8 Å². The highest BCUT2D eigenvalue weighted by Gasteiger charge is 2.46. The first kappa shape index (κ1) is 18.5. The summed E-state index contributed by atoms with van der Waals surface area (Å²) in [5.74, 6) is 2.93. The van der Waals surface area contributed by atoms with Crippen LogP contribution in [0.25, 0.3) is 0 Å². The van der Waals surface area contributed by atoms with Crippen molar-refractivity contribution in [1.29, 1.82) is 0 Å². The highest BCUT2D eigenvalue weighted by molar-refractivity contribution is 5.78. The number of amides is 1. The summed E-state index contributed by atoms with van der Waals surface area (Å²) in [5.41, 5.74) is 1.85. The van der Waals surface area contributed by atoms with Crippen LogP contribution in [0.2, 0.25) is 0 Å². The molecular weight excluding hydrogens is 358 g/mol. The number of hydrogen-bond donors (Lipinski definition) is 1. The van der Waals surface area contributed by atoms with E-state index < -0.39 is 0 Å². The summed E-state index contributed by atoms with van der Waals surface area (Å²) in [6, 6.07) is 11.7. The predicted molar refractivity (Wildman–Crippen MR) is 104 cm³/mol. The fourth-order valence-corrected chi connectivity index (χ4v) is 3.58. The van der Waals surface area contributed by atoms with Crippen LogP contribution in [0.1, 0.15) is 30.4 Å². The second-order valence-electron chi connectivity index (χ2n) is 7.18. The molecule has 6 nitrogen and oxygen atoms in total. The van der Waals surface area contributed by atoms with Crippen LogP contribution in [0, 0.1) is 0 Å². The van der Waals surface area contributed by atoms with Gasteiger partial charge in [-0.25, -0.2) is 0 Å². The summed E-state index contributed by atoms with van der Waals surface area (Å²) in [4.78, 5) is 12.6. The van der Waals surface area contributed by atoms with Gasteiger partial charge in [0.1, 0.15) is 13.2 Å². The minimum Gasteiger partial charge on any atom is -0.493 e. The number of carbonyl (C=O) groups is 1. The summed E-state index contributed by atoms with van der Waals surface area (Å²) in [5, 5.41) is 3.22. The molecule has 0 saturated heterocycles. The fraction of sp³-hybridized carbons (Fsp3) is 0.409. The number of aryl methyl sites for hydroxylation is 1. The van der Waals surface area contributed by atoms with Crippen LogP contribution >= 0.6 is 0 Å². The van der Waals surface area contributed by atoms with Crippen molar-refractivity contribution in [1.82, 2.24) is 5.32 Å². The number of methoxy groups -OCH3 is 2. The molecule has 28 heavy (non-hydrogen) atoms.